The fraction of sp³-hybridized carbons (Fsp3) is 0.136. The molecule has 6 nitrogen and oxygen atoms in total. The molecule has 0 fully saturated rings. The summed E-state index contributed by atoms with van der Waals surface area (Å²) in [5.74, 6) is -1.08. The number of primary amides is 1. The van der Waals surface area contributed by atoms with Crippen LogP contribution in [0.25, 0.3) is 28.0 Å². The summed E-state index contributed by atoms with van der Waals surface area (Å²) in [6, 6.07) is 12.4. The van der Waals surface area contributed by atoms with Gasteiger partial charge in [-0.3, -0.25) is 14.2 Å². The van der Waals surface area contributed by atoms with Gasteiger partial charge in [0.1, 0.15) is 5.56 Å². The van der Waals surface area contributed by atoms with E-state index in [1.165, 1.54) is 16.8 Å². The Bertz CT molecular complexity index is 1480. The van der Waals surface area contributed by atoms with Crippen LogP contribution in [-0.2, 0) is 6.54 Å². The summed E-state index contributed by atoms with van der Waals surface area (Å²) in [5.41, 5.74) is 5.12. The highest BCUT2D eigenvalue weighted by atomic mass is 35.5. The van der Waals surface area contributed by atoms with Gasteiger partial charge in [0.15, 0.2) is 5.65 Å². The molecule has 0 spiro atoms. The van der Waals surface area contributed by atoms with Crippen LogP contribution in [0.15, 0.2) is 53.3 Å². The summed E-state index contributed by atoms with van der Waals surface area (Å²) < 4.78 is 41.2. The molecule has 34 heavy (non-hydrogen) atoms. The first-order valence-electron chi connectivity index (χ1n) is 9.71. The van der Waals surface area contributed by atoms with Gasteiger partial charge in [0, 0.05) is 27.5 Å². The summed E-state index contributed by atoms with van der Waals surface area (Å²) in [4.78, 5) is 24.9. The first kappa shape index (κ1) is 24.1. The van der Waals surface area contributed by atoms with E-state index in [1.807, 2.05) is 0 Å². The van der Waals surface area contributed by atoms with Gasteiger partial charge in [0.25, 0.3) is 11.5 Å². The zero-order chi connectivity index (χ0) is 24.8. The molecule has 0 saturated heterocycles. The van der Waals surface area contributed by atoms with E-state index in [9.17, 15) is 22.8 Å². The van der Waals surface area contributed by atoms with Crippen molar-refractivity contribution in [2.45, 2.75) is 19.1 Å². The number of benzene rings is 2. The molecular formula is C22H14Cl3F3N4O2. The van der Waals surface area contributed by atoms with Crippen molar-refractivity contribution < 1.29 is 18.0 Å². The molecule has 0 atom stereocenters. The number of pyridine rings is 1. The molecule has 0 unspecified atom stereocenters. The van der Waals surface area contributed by atoms with Crippen LogP contribution in [0.2, 0.25) is 15.1 Å². The molecule has 4 aromatic rings. The van der Waals surface area contributed by atoms with Crippen molar-refractivity contribution in [3.05, 3.63) is 79.5 Å². The van der Waals surface area contributed by atoms with Gasteiger partial charge in [-0.1, -0.05) is 46.9 Å². The minimum absolute atomic E-state index is 0.0739. The quantitative estimate of drug-likeness (QED) is 0.351. The Morgan fingerprint density at radius 1 is 1.00 bits per heavy atom. The summed E-state index contributed by atoms with van der Waals surface area (Å²) in [6.07, 6.45) is -5.86. The predicted octanol–water partition coefficient (Wildman–Crippen LogP) is 5.87. The third-order valence-corrected chi connectivity index (χ3v) is 5.85. The zero-order valence-corrected chi connectivity index (χ0v) is 19.3. The second-order valence-corrected chi connectivity index (χ2v) is 8.62. The number of halogens is 6. The molecule has 1 amide bonds. The number of alkyl halides is 3. The number of hydrogen-bond donors (Lipinski definition) is 1. The highest BCUT2D eigenvalue weighted by Crippen LogP contribution is 2.35. The van der Waals surface area contributed by atoms with E-state index in [0.717, 1.165) is 4.57 Å². The number of rotatable bonds is 5. The molecule has 0 radical (unpaired) electrons. The van der Waals surface area contributed by atoms with Crippen molar-refractivity contribution in [2.24, 2.45) is 5.73 Å². The minimum Gasteiger partial charge on any atom is -0.365 e. The van der Waals surface area contributed by atoms with Gasteiger partial charge in [0.2, 0.25) is 0 Å². The summed E-state index contributed by atoms with van der Waals surface area (Å²) in [6.45, 7) is -0.759. The summed E-state index contributed by atoms with van der Waals surface area (Å²) in [7, 11) is 0. The highest BCUT2D eigenvalue weighted by molar-refractivity contribution is 6.35. The van der Waals surface area contributed by atoms with Crippen LogP contribution in [0.4, 0.5) is 13.2 Å². The van der Waals surface area contributed by atoms with Crippen molar-refractivity contribution in [1.29, 1.82) is 0 Å². The smallest absolute Gasteiger partial charge is 0.365 e. The predicted molar refractivity (Wildman–Crippen MR) is 125 cm³/mol. The Morgan fingerprint density at radius 3 is 2.24 bits per heavy atom. The van der Waals surface area contributed by atoms with E-state index in [1.54, 1.807) is 36.4 Å². The third-order valence-electron chi connectivity index (χ3n) is 5.06. The third kappa shape index (κ3) is 4.64. The Labute approximate surface area is 205 Å². The number of amides is 1. The van der Waals surface area contributed by atoms with Gasteiger partial charge in [-0.2, -0.15) is 13.2 Å². The summed E-state index contributed by atoms with van der Waals surface area (Å²) >= 11 is 18.4. The SMILES string of the molecule is NC(=O)c1cc2c(-c3ccc(Cl)cc3)n(-c3ccc(Cl)cc3Cl)nc2n(CCC(F)(F)F)c1=O. The second-order valence-electron chi connectivity index (χ2n) is 7.34. The molecule has 2 heterocycles. The molecule has 0 aliphatic rings. The number of carbonyl (C=O) groups is 1. The lowest BCUT2D eigenvalue weighted by atomic mass is 10.1. The van der Waals surface area contributed by atoms with E-state index in [0.29, 0.717) is 27.0 Å². The molecule has 0 aliphatic carbocycles. The van der Waals surface area contributed by atoms with Gasteiger partial charge >= 0.3 is 6.18 Å². The van der Waals surface area contributed by atoms with E-state index in [2.05, 4.69) is 5.10 Å². The summed E-state index contributed by atoms with van der Waals surface area (Å²) in [5, 5.41) is 5.67. The topological polar surface area (TPSA) is 82.9 Å². The Balaban J connectivity index is 2.12. The van der Waals surface area contributed by atoms with Crippen LogP contribution in [-0.4, -0.2) is 26.4 Å². The van der Waals surface area contributed by atoms with E-state index >= 15 is 0 Å². The molecule has 12 heteroatoms. The van der Waals surface area contributed by atoms with E-state index in [-0.39, 0.29) is 16.1 Å². The molecule has 176 valence electrons. The largest absolute Gasteiger partial charge is 0.390 e. The Morgan fingerprint density at radius 2 is 1.65 bits per heavy atom. The fourth-order valence-corrected chi connectivity index (χ4v) is 4.15. The number of aromatic nitrogens is 3. The second kappa shape index (κ2) is 8.98. The molecule has 2 aromatic carbocycles. The lowest BCUT2D eigenvalue weighted by molar-refractivity contribution is -0.136. The lowest BCUT2D eigenvalue weighted by Gasteiger charge is -2.11. The van der Waals surface area contributed by atoms with E-state index in [4.69, 9.17) is 40.5 Å². The number of aryl methyl sites for hydroxylation is 1. The molecule has 0 bridgehead atoms. The van der Waals surface area contributed by atoms with Gasteiger partial charge < -0.3 is 5.73 Å². The number of fused-ring (bicyclic) bond motifs is 1. The maximum absolute atomic E-state index is 13.0. The number of nitrogens with two attached hydrogens (primary N) is 1. The Kier molecular flexibility index (Phi) is 6.37. The van der Waals surface area contributed by atoms with Crippen LogP contribution in [0, 0.1) is 0 Å². The molecule has 4 rings (SSSR count). The maximum atomic E-state index is 13.0. The zero-order valence-electron chi connectivity index (χ0n) is 17.0. The first-order chi connectivity index (χ1) is 16.0. The van der Waals surface area contributed by atoms with Crippen molar-refractivity contribution in [3.63, 3.8) is 0 Å². The number of nitrogens with zero attached hydrogens (tertiary/aromatic N) is 3. The van der Waals surface area contributed by atoms with Crippen molar-refractivity contribution in [1.82, 2.24) is 14.3 Å². The lowest BCUT2D eigenvalue weighted by Crippen LogP contribution is -2.31. The molecule has 0 saturated carbocycles. The standard InChI is InChI=1S/C22H14Cl3F3N4O2/c23-12-3-1-11(2-4-12)18-14-10-15(19(29)33)21(34)31(8-7-22(26,27)28)20(14)30-32(18)17-6-5-13(24)9-16(17)25/h1-6,9-10H,7-8H2,(H2,29,33). The van der Waals surface area contributed by atoms with E-state index < -0.39 is 36.2 Å². The van der Waals surface area contributed by atoms with Gasteiger partial charge in [-0.05, 0) is 36.4 Å². The van der Waals surface area contributed by atoms with Crippen LogP contribution >= 0.6 is 34.8 Å². The monoisotopic (exact) mass is 528 g/mol. The first-order valence-corrected chi connectivity index (χ1v) is 10.8. The van der Waals surface area contributed by atoms with Gasteiger partial charge in [0.05, 0.1) is 22.8 Å². The van der Waals surface area contributed by atoms with Gasteiger partial charge in [-0.25, -0.2) is 4.68 Å². The molecule has 0 aliphatic heterocycles. The van der Waals surface area contributed by atoms with Crippen LogP contribution in [0.3, 0.4) is 0 Å². The van der Waals surface area contributed by atoms with Crippen molar-refractivity contribution in [2.75, 3.05) is 0 Å². The van der Waals surface area contributed by atoms with Crippen LogP contribution < -0.4 is 11.3 Å². The fourth-order valence-electron chi connectivity index (χ4n) is 3.53. The minimum atomic E-state index is -4.55. The molecule has 2 aromatic heterocycles. The molecular weight excluding hydrogens is 516 g/mol. The average Bonchev–Trinajstić information content (AvgIpc) is 3.11. The van der Waals surface area contributed by atoms with Crippen molar-refractivity contribution >= 4 is 51.7 Å². The van der Waals surface area contributed by atoms with Crippen molar-refractivity contribution in [3.8, 4) is 16.9 Å². The average molecular weight is 530 g/mol. The highest BCUT2D eigenvalue weighted by Gasteiger charge is 2.29. The number of hydrogen-bond acceptors (Lipinski definition) is 3. The number of carbonyl (C=O) groups excluding carboxylic acids is 1. The Hall–Kier alpha value is -3.01. The van der Waals surface area contributed by atoms with Crippen LogP contribution in [0.1, 0.15) is 16.8 Å². The maximum Gasteiger partial charge on any atom is 0.390 e. The van der Waals surface area contributed by atoms with Gasteiger partial charge in [-0.15, -0.1) is 5.10 Å². The normalized spacial score (nSPS) is 11.8. The molecule has 2 N–H and O–H groups in total. The van der Waals surface area contributed by atoms with Crippen LogP contribution in [0.5, 0.6) is 0 Å².